The molecule has 0 bridgehead atoms. The number of carbonyl (C=O) groups excluding carboxylic acids is 1. The van der Waals surface area contributed by atoms with Gasteiger partial charge in [0.25, 0.3) is 0 Å². The molecule has 2 N–H and O–H groups in total. The van der Waals surface area contributed by atoms with Crippen LogP contribution in [0.15, 0.2) is 78.9 Å². The molecule has 0 aliphatic rings. The van der Waals surface area contributed by atoms with Gasteiger partial charge in [-0.15, -0.1) is 0 Å². The van der Waals surface area contributed by atoms with Gasteiger partial charge in [-0.25, -0.2) is 0 Å². The number of amides is 1. The van der Waals surface area contributed by atoms with Crippen LogP contribution in [-0.2, 0) is 11.2 Å². The van der Waals surface area contributed by atoms with E-state index in [2.05, 4.69) is 23.6 Å². The Morgan fingerprint density at radius 2 is 1.42 bits per heavy atom. The maximum Gasteiger partial charge on any atom is 0.228 e. The van der Waals surface area contributed by atoms with Gasteiger partial charge in [0, 0.05) is 17.1 Å². The summed E-state index contributed by atoms with van der Waals surface area (Å²) >= 11 is 0. The van der Waals surface area contributed by atoms with E-state index >= 15 is 0 Å². The Bertz CT molecular complexity index is 811. The first-order valence-electron chi connectivity index (χ1n) is 7.97. The standard InChI is InChI=1S/C21H20N2O/c1-16-7-5-6-10-20(16)22-18-11-13-19(14-12-18)23-21(24)15-17-8-3-2-4-9-17/h2-14,22H,15H2,1H3,(H,23,24). The van der Waals surface area contributed by atoms with Crippen molar-refractivity contribution >= 4 is 23.0 Å². The van der Waals surface area contributed by atoms with Crippen LogP contribution in [0.4, 0.5) is 17.1 Å². The SMILES string of the molecule is Cc1ccccc1Nc1ccc(NC(=O)Cc2ccccc2)cc1. The molecule has 3 heteroatoms. The largest absolute Gasteiger partial charge is 0.355 e. The van der Waals surface area contributed by atoms with E-state index in [-0.39, 0.29) is 5.91 Å². The molecule has 0 saturated carbocycles. The minimum absolute atomic E-state index is 0.0131. The van der Waals surface area contributed by atoms with E-state index in [0.717, 1.165) is 22.6 Å². The van der Waals surface area contributed by atoms with Gasteiger partial charge in [0.2, 0.25) is 5.91 Å². The molecule has 0 saturated heterocycles. The molecule has 24 heavy (non-hydrogen) atoms. The normalized spacial score (nSPS) is 10.2. The van der Waals surface area contributed by atoms with Gasteiger partial charge in [0.1, 0.15) is 0 Å². The van der Waals surface area contributed by atoms with Gasteiger partial charge >= 0.3 is 0 Å². The number of rotatable bonds is 5. The third-order valence-electron chi connectivity index (χ3n) is 3.80. The van der Waals surface area contributed by atoms with E-state index in [1.165, 1.54) is 5.56 Å². The molecule has 0 aromatic heterocycles. The molecule has 3 nitrogen and oxygen atoms in total. The zero-order valence-electron chi connectivity index (χ0n) is 13.6. The van der Waals surface area contributed by atoms with Crippen LogP contribution in [0, 0.1) is 6.92 Å². The molecular weight excluding hydrogens is 296 g/mol. The highest BCUT2D eigenvalue weighted by Crippen LogP contribution is 2.21. The lowest BCUT2D eigenvalue weighted by atomic mass is 10.1. The molecule has 3 rings (SSSR count). The first-order chi connectivity index (χ1) is 11.7. The van der Waals surface area contributed by atoms with Gasteiger partial charge in [-0.1, -0.05) is 48.5 Å². The molecule has 120 valence electrons. The van der Waals surface area contributed by atoms with Crippen molar-refractivity contribution in [3.05, 3.63) is 90.0 Å². The predicted molar refractivity (Wildman–Crippen MR) is 99.7 cm³/mol. The van der Waals surface area contributed by atoms with Gasteiger partial charge in [-0.3, -0.25) is 4.79 Å². The van der Waals surface area contributed by atoms with Crippen molar-refractivity contribution in [2.75, 3.05) is 10.6 Å². The molecule has 0 aliphatic carbocycles. The van der Waals surface area contributed by atoms with Crippen LogP contribution in [0.1, 0.15) is 11.1 Å². The highest BCUT2D eigenvalue weighted by molar-refractivity contribution is 5.92. The van der Waals surface area contributed by atoms with Crippen molar-refractivity contribution in [3.63, 3.8) is 0 Å². The quantitative estimate of drug-likeness (QED) is 0.701. The number of carbonyl (C=O) groups is 1. The van der Waals surface area contributed by atoms with Crippen molar-refractivity contribution < 1.29 is 4.79 Å². The van der Waals surface area contributed by atoms with Crippen LogP contribution >= 0.6 is 0 Å². The Morgan fingerprint density at radius 3 is 2.12 bits per heavy atom. The van der Waals surface area contributed by atoms with Crippen molar-refractivity contribution in [3.8, 4) is 0 Å². The van der Waals surface area contributed by atoms with E-state index in [0.29, 0.717) is 6.42 Å². The summed E-state index contributed by atoms with van der Waals surface area (Å²) in [5, 5.41) is 6.31. The molecule has 1 amide bonds. The lowest BCUT2D eigenvalue weighted by Crippen LogP contribution is -2.14. The highest BCUT2D eigenvalue weighted by Gasteiger charge is 2.04. The van der Waals surface area contributed by atoms with Crippen LogP contribution < -0.4 is 10.6 Å². The Kier molecular flexibility index (Phi) is 4.92. The zero-order valence-corrected chi connectivity index (χ0v) is 13.6. The van der Waals surface area contributed by atoms with Crippen LogP contribution in [-0.4, -0.2) is 5.91 Å². The summed E-state index contributed by atoms with van der Waals surface area (Å²) in [6.07, 6.45) is 0.379. The summed E-state index contributed by atoms with van der Waals surface area (Å²) < 4.78 is 0. The molecule has 0 atom stereocenters. The molecule has 0 unspecified atom stereocenters. The average molecular weight is 316 g/mol. The topological polar surface area (TPSA) is 41.1 Å². The fourth-order valence-electron chi connectivity index (χ4n) is 2.49. The number of aryl methyl sites for hydroxylation is 1. The molecule has 0 fully saturated rings. The van der Waals surface area contributed by atoms with Crippen molar-refractivity contribution in [2.24, 2.45) is 0 Å². The number of nitrogens with one attached hydrogen (secondary N) is 2. The zero-order chi connectivity index (χ0) is 16.8. The molecule has 0 radical (unpaired) electrons. The van der Waals surface area contributed by atoms with Gasteiger partial charge in [-0.2, -0.15) is 0 Å². The van der Waals surface area contributed by atoms with E-state index in [4.69, 9.17) is 0 Å². The fourth-order valence-corrected chi connectivity index (χ4v) is 2.49. The molecule has 0 spiro atoms. The van der Waals surface area contributed by atoms with Crippen LogP contribution in [0.25, 0.3) is 0 Å². The molecule has 3 aromatic carbocycles. The van der Waals surface area contributed by atoms with Crippen LogP contribution in [0.2, 0.25) is 0 Å². The van der Waals surface area contributed by atoms with Crippen molar-refractivity contribution in [1.29, 1.82) is 0 Å². The number of para-hydroxylation sites is 1. The third kappa shape index (κ3) is 4.23. The lowest BCUT2D eigenvalue weighted by molar-refractivity contribution is -0.115. The third-order valence-corrected chi connectivity index (χ3v) is 3.80. The Hall–Kier alpha value is -3.07. The summed E-state index contributed by atoms with van der Waals surface area (Å²) in [5.74, 6) is -0.0131. The highest BCUT2D eigenvalue weighted by atomic mass is 16.1. The van der Waals surface area contributed by atoms with E-state index in [1.54, 1.807) is 0 Å². The summed E-state index contributed by atoms with van der Waals surface area (Å²) in [4.78, 5) is 12.1. The van der Waals surface area contributed by atoms with E-state index in [1.807, 2.05) is 72.8 Å². The second-order valence-corrected chi connectivity index (χ2v) is 5.73. The summed E-state index contributed by atoms with van der Waals surface area (Å²) in [6.45, 7) is 2.07. The second kappa shape index (κ2) is 7.47. The lowest BCUT2D eigenvalue weighted by Gasteiger charge is -2.10. The first-order valence-corrected chi connectivity index (χ1v) is 7.97. The number of anilines is 3. The number of hydrogen-bond acceptors (Lipinski definition) is 2. The maximum absolute atomic E-state index is 12.1. The minimum Gasteiger partial charge on any atom is -0.355 e. The van der Waals surface area contributed by atoms with Crippen LogP contribution in [0.3, 0.4) is 0 Å². The van der Waals surface area contributed by atoms with E-state index < -0.39 is 0 Å². The fraction of sp³-hybridized carbons (Fsp3) is 0.0952. The second-order valence-electron chi connectivity index (χ2n) is 5.73. The number of hydrogen-bond donors (Lipinski definition) is 2. The molecule has 3 aromatic rings. The predicted octanol–water partition coefficient (Wildman–Crippen LogP) is 4.92. The Balaban J connectivity index is 1.60. The molecule has 0 heterocycles. The van der Waals surface area contributed by atoms with Crippen LogP contribution in [0.5, 0.6) is 0 Å². The van der Waals surface area contributed by atoms with Crippen molar-refractivity contribution in [2.45, 2.75) is 13.3 Å². The molecular formula is C21H20N2O. The van der Waals surface area contributed by atoms with Gasteiger partial charge in [-0.05, 0) is 48.4 Å². The number of benzene rings is 3. The van der Waals surface area contributed by atoms with E-state index in [9.17, 15) is 4.79 Å². The minimum atomic E-state index is -0.0131. The molecule has 0 aliphatic heterocycles. The summed E-state index contributed by atoms with van der Waals surface area (Å²) in [7, 11) is 0. The average Bonchev–Trinajstić information content (AvgIpc) is 2.59. The van der Waals surface area contributed by atoms with Gasteiger partial charge in [0.05, 0.1) is 6.42 Å². The summed E-state index contributed by atoms with van der Waals surface area (Å²) in [6, 6.07) is 25.6. The summed E-state index contributed by atoms with van der Waals surface area (Å²) in [5.41, 5.74) is 5.07. The van der Waals surface area contributed by atoms with Crippen molar-refractivity contribution in [1.82, 2.24) is 0 Å². The Morgan fingerprint density at radius 1 is 0.792 bits per heavy atom. The maximum atomic E-state index is 12.1. The Labute approximate surface area is 142 Å². The first kappa shape index (κ1) is 15.8. The van der Waals surface area contributed by atoms with Gasteiger partial charge < -0.3 is 10.6 Å². The van der Waals surface area contributed by atoms with Gasteiger partial charge in [0.15, 0.2) is 0 Å². The monoisotopic (exact) mass is 316 g/mol. The smallest absolute Gasteiger partial charge is 0.228 e.